The van der Waals surface area contributed by atoms with E-state index in [1.54, 1.807) is 6.07 Å². The van der Waals surface area contributed by atoms with E-state index in [0.29, 0.717) is 0 Å². The van der Waals surface area contributed by atoms with Crippen molar-refractivity contribution >= 4 is 5.91 Å². The number of H-pyrrole nitrogens is 1. The summed E-state index contributed by atoms with van der Waals surface area (Å²) in [6.45, 7) is 1.94. The summed E-state index contributed by atoms with van der Waals surface area (Å²) in [4.78, 5) is 26.0. The van der Waals surface area contributed by atoms with Crippen molar-refractivity contribution in [2.45, 2.75) is 25.8 Å². The molecule has 4 nitrogen and oxygen atoms in total. The van der Waals surface area contributed by atoms with Crippen LogP contribution in [0.15, 0.2) is 53.5 Å². The van der Waals surface area contributed by atoms with Crippen LogP contribution in [0.3, 0.4) is 0 Å². The number of benzene rings is 1. The first kappa shape index (κ1) is 14.1. The Morgan fingerprint density at radius 3 is 2.65 bits per heavy atom. The van der Waals surface area contributed by atoms with Crippen LogP contribution in [0.25, 0.3) is 0 Å². The van der Waals surface area contributed by atoms with Crippen molar-refractivity contribution in [2.24, 2.45) is 0 Å². The molecule has 104 valence electrons. The van der Waals surface area contributed by atoms with Gasteiger partial charge in [-0.2, -0.15) is 0 Å². The van der Waals surface area contributed by atoms with Gasteiger partial charge >= 0.3 is 0 Å². The van der Waals surface area contributed by atoms with E-state index in [1.807, 2.05) is 25.1 Å². The molecule has 20 heavy (non-hydrogen) atoms. The summed E-state index contributed by atoms with van der Waals surface area (Å²) in [7, 11) is 0. The van der Waals surface area contributed by atoms with Crippen molar-refractivity contribution in [3.8, 4) is 0 Å². The van der Waals surface area contributed by atoms with Crippen LogP contribution in [-0.2, 0) is 6.42 Å². The van der Waals surface area contributed by atoms with Crippen LogP contribution in [0.1, 0.15) is 29.3 Å². The molecule has 0 aliphatic carbocycles. The van der Waals surface area contributed by atoms with Gasteiger partial charge in [-0.25, -0.2) is 0 Å². The summed E-state index contributed by atoms with van der Waals surface area (Å²) in [6.07, 6.45) is 3.24. The zero-order chi connectivity index (χ0) is 14.4. The molecule has 1 amide bonds. The normalized spacial score (nSPS) is 11.8. The fourth-order valence-electron chi connectivity index (χ4n) is 2.00. The number of aromatic nitrogens is 1. The maximum absolute atomic E-state index is 12.0. The first-order valence-corrected chi connectivity index (χ1v) is 6.69. The molecular weight excluding hydrogens is 252 g/mol. The zero-order valence-corrected chi connectivity index (χ0v) is 11.4. The lowest BCUT2D eigenvalue weighted by atomic mass is 10.1. The molecule has 0 spiro atoms. The number of aromatic amines is 1. The molecule has 1 aromatic carbocycles. The second-order valence-corrected chi connectivity index (χ2v) is 4.81. The van der Waals surface area contributed by atoms with Crippen LogP contribution in [0.2, 0.25) is 0 Å². The predicted octanol–water partition coefficient (Wildman–Crippen LogP) is 2.13. The van der Waals surface area contributed by atoms with Gasteiger partial charge in [-0.1, -0.05) is 30.3 Å². The molecule has 1 atom stereocenters. The average Bonchev–Trinajstić information content (AvgIpc) is 2.46. The molecule has 0 fully saturated rings. The van der Waals surface area contributed by atoms with Crippen molar-refractivity contribution < 1.29 is 4.79 Å². The van der Waals surface area contributed by atoms with Gasteiger partial charge in [0.25, 0.3) is 11.5 Å². The van der Waals surface area contributed by atoms with Gasteiger partial charge in [-0.15, -0.1) is 0 Å². The molecule has 0 saturated heterocycles. The number of rotatable bonds is 5. The first-order valence-electron chi connectivity index (χ1n) is 6.69. The van der Waals surface area contributed by atoms with E-state index in [4.69, 9.17) is 0 Å². The average molecular weight is 270 g/mol. The van der Waals surface area contributed by atoms with Crippen molar-refractivity contribution in [3.63, 3.8) is 0 Å². The summed E-state index contributed by atoms with van der Waals surface area (Å²) in [5, 5.41) is 2.85. The highest BCUT2D eigenvalue weighted by Gasteiger charge is 2.12. The molecule has 2 N–H and O–H groups in total. The van der Waals surface area contributed by atoms with Crippen LogP contribution in [0.5, 0.6) is 0 Å². The third-order valence-electron chi connectivity index (χ3n) is 3.15. The monoisotopic (exact) mass is 270 g/mol. The number of carbonyl (C=O) groups is 1. The van der Waals surface area contributed by atoms with E-state index >= 15 is 0 Å². The third-order valence-corrected chi connectivity index (χ3v) is 3.15. The molecule has 4 heteroatoms. The van der Waals surface area contributed by atoms with Crippen LogP contribution < -0.4 is 10.9 Å². The molecule has 0 aliphatic heterocycles. The van der Waals surface area contributed by atoms with Gasteiger partial charge in [0.1, 0.15) is 5.56 Å². The largest absolute Gasteiger partial charge is 0.349 e. The standard InChI is InChI=1S/C16H18N2O2/c1-12(9-10-13-6-3-2-4-7-13)18-16(20)14-8-5-11-17-15(14)19/h2-8,11-12H,9-10H2,1H3,(H,17,19)(H,18,20)/t12-/m0/s1. The highest BCUT2D eigenvalue weighted by atomic mass is 16.2. The molecule has 1 heterocycles. The van der Waals surface area contributed by atoms with E-state index < -0.39 is 0 Å². The van der Waals surface area contributed by atoms with Gasteiger partial charge in [0.2, 0.25) is 0 Å². The lowest BCUT2D eigenvalue weighted by molar-refractivity contribution is 0.0937. The molecule has 0 aliphatic rings. The van der Waals surface area contributed by atoms with Gasteiger partial charge in [0, 0.05) is 12.2 Å². The Labute approximate surface area is 117 Å². The Kier molecular flexibility index (Phi) is 4.71. The second-order valence-electron chi connectivity index (χ2n) is 4.81. The molecule has 2 rings (SSSR count). The molecule has 1 aromatic heterocycles. The van der Waals surface area contributed by atoms with Gasteiger partial charge in [0.15, 0.2) is 0 Å². The van der Waals surface area contributed by atoms with Crippen LogP contribution in [0, 0.1) is 0 Å². The van der Waals surface area contributed by atoms with Crippen LogP contribution >= 0.6 is 0 Å². The van der Waals surface area contributed by atoms with Crippen molar-refractivity contribution in [1.82, 2.24) is 10.3 Å². The minimum absolute atomic E-state index is 0.0160. The summed E-state index contributed by atoms with van der Waals surface area (Å²) in [6, 6.07) is 13.3. The lowest BCUT2D eigenvalue weighted by Gasteiger charge is -2.13. The highest BCUT2D eigenvalue weighted by Crippen LogP contribution is 2.05. The Morgan fingerprint density at radius 1 is 1.20 bits per heavy atom. The maximum atomic E-state index is 12.0. The quantitative estimate of drug-likeness (QED) is 0.874. The first-order chi connectivity index (χ1) is 9.66. The summed E-state index contributed by atoms with van der Waals surface area (Å²) >= 11 is 0. The second kappa shape index (κ2) is 6.70. The Balaban J connectivity index is 1.89. The molecule has 0 unspecified atom stereocenters. The summed E-state index contributed by atoms with van der Waals surface area (Å²) < 4.78 is 0. The Morgan fingerprint density at radius 2 is 1.95 bits per heavy atom. The predicted molar refractivity (Wildman–Crippen MR) is 78.8 cm³/mol. The molecule has 0 bridgehead atoms. The number of aryl methyl sites for hydroxylation is 1. The van der Waals surface area contributed by atoms with E-state index in [1.165, 1.54) is 17.8 Å². The van der Waals surface area contributed by atoms with Crippen molar-refractivity contribution in [3.05, 3.63) is 70.1 Å². The van der Waals surface area contributed by atoms with Gasteiger partial charge < -0.3 is 10.3 Å². The van der Waals surface area contributed by atoms with E-state index in [0.717, 1.165) is 12.8 Å². The number of amides is 1. The number of pyridine rings is 1. The number of hydrogen-bond acceptors (Lipinski definition) is 2. The van der Waals surface area contributed by atoms with Crippen LogP contribution in [-0.4, -0.2) is 16.9 Å². The number of carbonyl (C=O) groups excluding carboxylic acids is 1. The topological polar surface area (TPSA) is 62.0 Å². The molecule has 2 aromatic rings. The summed E-state index contributed by atoms with van der Waals surface area (Å²) in [5.41, 5.74) is 1.03. The van der Waals surface area contributed by atoms with Crippen molar-refractivity contribution in [1.29, 1.82) is 0 Å². The molecule has 0 radical (unpaired) electrons. The fourth-order valence-corrected chi connectivity index (χ4v) is 2.00. The van der Waals surface area contributed by atoms with E-state index in [9.17, 15) is 9.59 Å². The Hall–Kier alpha value is -2.36. The lowest BCUT2D eigenvalue weighted by Crippen LogP contribution is -2.36. The smallest absolute Gasteiger partial charge is 0.260 e. The van der Waals surface area contributed by atoms with Crippen molar-refractivity contribution in [2.75, 3.05) is 0 Å². The summed E-state index contributed by atoms with van der Waals surface area (Å²) in [5.74, 6) is -0.326. The SMILES string of the molecule is C[C@@H](CCc1ccccc1)NC(=O)c1ccc[nH]c1=O. The van der Waals surface area contributed by atoms with E-state index in [-0.39, 0.29) is 23.1 Å². The zero-order valence-electron chi connectivity index (χ0n) is 11.4. The third kappa shape index (κ3) is 3.82. The minimum Gasteiger partial charge on any atom is -0.349 e. The molecular formula is C16H18N2O2. The van der Waals surface area contributed by atoms with Crippen LogP contribution in [0.4, 0.5) is 0 Å². The van der Waals surface area contributed by atoms with Gasteiger partial charge in [-0.3, -0.25) is 9.59 Å². The fraction of sp³-hybridized carbons (Fsp3) is 0.250. The maximum Gasteiger partial charge on any atom is 0.260 e. The Bertz CT molecular complexity index is 620. The van der Waals surface area contributed by atoms with Gasteiger partial charge in [-0.05, 0) is 37.5 Å². The van der Waals surface area contributed by atoms with E-state index in [2.05, 4.69) is 22.4 Å². The van der Waals surface area contributed by atoms with Gasteiger partial charge in [0.05, 0.1) is 0 Å². The number of nitrogens with one attached hydrogen (secondary N) is 2. The number of hydrogen-bond donors (Lipinski definition) is 2. The highest BCUT2D eigenvalue weighted by molar-refractivity contribution is 5.93. The minimum atomic E-state index is -0.361. The molecule has 0 saturated carbocycles.